The summed E-state index contributed by atoms with van der Waals surface area (Å²) in [7, 11) is 0. The number of fused-ring (bicyclic) bond motifs is 1. The summed E-state index contributed by atoms with van der Waals surface area (Å²) < 4.78 is 1.33. The molecule has 0 N–H and O–H groups in total. The van der Waals surface area contributed by atoms with Crippen molar-refractivity contribution in [2.45, 2.75) is 27.2 Å². The maximum Gasteiger partial charge on any atom is 0.282 e. The van der Waals surface area contributed by atoms with E-state index in [-0.39, 0.29) is 5.56 Å². The number of aromatic nitrogens is 2. The second kappa shape index (κ2) is 8.49. The smallest absolute Gasteiger partial charge is 0.282 e. The monoisotopic (exact) mass is 373 g/mol. The Morgan fingerprint density at radius 1 is 1.25 bits per heavy atom. The van der Waals surface area contributed by atoms with E-state index in [2.05, 4.69) is 34.0 Å². The SMILES string of the molecule is CCN(CCC#N)c1ccc(C=Nn2c(C)nc3ccccc3c2=O)c(C)c1. The van der Waals surface area contributed by atoms with Crippen LogP contribution in [0.15, 0.2) is 52.4 Å². The predicted octanol–water partition coefficient (Wildman–Crippen LogP) is 3.64. The third-order valence-corrected chi connectivity index (χ3v) is 4.72. The van der Waals surface area contributed by atoms with Gasteiger partial charge in [-0.3, -0.25) is 4.79 Å². The Morgan fingerprint density at radius 3 is 2.75 bits per heavy atom. The Balaban J connectivity index is 1.92. The molecular weight excluding hydrogens is 350 g/mol. The van der Waals surface area contributed by atoms with E-state index in [1.165, 1.54) is 4.68 Å². The number of benzene rings is 2. The normalized spacial score (nSPS) is 11.1. The van der Waals surface area contributed by atoms with E-state index in [9.17, 15) is 4.79 Å². The highest BCUT2D eigenvalue weighted by Gasteiger charge is 2.08. The molecule has 0 atom stereocenters. The lowest BCUT2D eigenvalue weighted by molar-refractivity contribution is 0.770. The first-order valence-electron chi connectivity index (χ1n) is 9.30. The maximum atomic E-state index is 12.7. The Hall–Kier alpha value is -3.46. The number of rotatable bonds is 6. The molecule has 0 amide bonds. The van der Waals surface area contributed by atoms with Crippen molar-refractivity contribution in [3.63, 3.8) is 0 Å². The second-order valence-corrected chi connectivity index (χ2v) is 6.57. The molecule has 0 saturated carbocycles. The largest absolute Gasteiger partial charge is 0.371 e. The molecule has 6 nitrogen and oxygen atoms in total. The summed E-state index contributed by atoms with van der Waals surface area (Å²) in [6, 6.07) is 15.5. The van der Waals surface area contributed by atoms with E-state index in [4.69, 9.17) is 5.26 Å². The first-order chi connectivity index (χ1) is 13.5. The average molecular weight is 373 g/mol. The fourth-order valence-corrected chi connectivity index (χ4v) is 3.15. The lowest BCUT2D eigenvalue weighted by Gasteiger charge is -2.22. The van der Waals surface area contributed by atoms with Crippen LogP contribution in [0, 0.1) is 25.2 Å². The van der Waals surface area contributed by atoms with Crippen LogP contribution in [-0.4, -0.2) is 29.0 Å². The van der Waals surface area contributed by atoms with Crippen molar-refractivity contribution in [2.24, 2.45) is 5.10 Å². The van der Waals surface area contributed by atoms with Gasteiger partial charge in [-0.2, -0.15) is 15.0 Å². The van der Waals surface area contributed by atoms with Crippen molar-refractivity contribution in [1.29, 1.82) is 5.26 Å². The Morgan fingerprint density at radius 2 is 2.04 bits per heavy atom. The van der Waals surface area contributed by atoms with Crippen molar-refractivity contribution in [3.8, 4) is 6.07 Å². The van der Waals surface area contributed by atoms with Crippen molar-refractivity contribution >= 4 is 22.8 Å². The maximum absolute atomic E-state index is 12.7. The zero-order valence-corrected chi connectivity index (χ0v) is 16.4. The fourth-order valence-electron chi connectivity index (χ4n) is 3.15. The van der Waals surface area contributed by atoms with Crippen molar-refractivity contribution < 1.29 is 0 Å². The van der Waals surface area contributed by atoms with Crippen LogP contribution in [0.5, 0.6) is 0 Å². The van der Waals surface area contributed by atoms with Crippen LogP contribution in [0.3, 0.4) is 0 Å². The molecule has 0 aliphatic carbocycles. The molecule has 0 radical (unpaired) electrons. The molecule has 3 aromatic rings. The van der Waals surface area contributed by atoms with Gasteiger partial charge in [-0.15, -0.1) is 0 Å². The van der Waals surface area contributed by atoms with Gasteiger partial charge in [0.2, 0.25) is 0 Å². The zero-order valence-electron chi connectivity index (χ0n) is 16.4. The quantitative estimate of drug-likeness (QED) is 0.618. The highest BCUT2D eigenvalue weighted by molar-refractivity contribution is 5.83. The van der Waals surface area contributed by atoms with Gasteiger partial charge in [0.05, 0.1) is 29.6 Å². The molecule has 0 bridgehead atoms. The van der Waals surface area contributed by atoms with Crippen molar-refractivity contribution in [3.05, 3.63) is 69.8 Å². The molecule has 3 rings (SSSR count). The number of hydrogen-bond donors (Lipinski definition) is 0. The van der Waals surface area contributed by atoms with E-state index in [0.717, 1.165) is 23.4 Å². The van der Waals surface area contributed by atoms with Gasteiger partial charge in [0.15, 0.2) is 0 Å². The summed E-state index contributed by atoms with van der Waals surface area (Å²) in [5.74, 6) is 0.544. The number of nitriles is 1. The minimum atomic E-state index is -0.178. The summed E-state index contributed by atoms with van der Waals surface area (Å²) in [5, 5.41) is 13.8. The standard InChI is InChI=1S/C22H23N5O/c1-4-26(13-7-12-23)19-11-10-18(16(2)14-19)15-24-27-17(3)25-21-9-6-5-8-20(21)22(27)28/h5-6,8-11,14-15H,4,7,13H2,1-3H3. The summed E-state index contributed by atoms with van der Waals surface area (Å²) in [4.78, 5) is 19.3. The van der Waals surface area contributed by atoms with Crippen LogP contribution in [0.4, 0.5) is 5.69 Å². The van der Waals surface area contributed by atoms with E-state index >= 15 is 0 Å². The number of aryl methyl sites for hydroxylation is 2. The zero-order chi connectivity index (χ0) is 20.1. The van der Waals surface area contributed by atoms with Gasteiger partial charge >= 0.3 is 0 Å². The van der Waals surface area contributed by atoms with Gasteiger partial charge in [-0.05, 0) is 56.2 Å². The van der Waals surface area contributed by atoms with Gasteiger partial charge in [0, 0.05) is 18.8 Å². The van der Waals surface area contributed by atoms with Crippen LogP contribution in [0.2, 0.25) is 0 Å². The molecule has 0 spiro atoms. The topological polar surface area (TPSA) is 74.3 Å². The Kier molecular flexibility index (Phi) is 5.85. The summed E-state index contributed by atoms with van der Waals surface area (Å²) in [5.41, 5.74) is 3.56. The van der Waals surface area contributed by atoms with Crippen molar-refractivity contribution in [1.82, 2.24) is 9.66 Å². The van der Waals surface area contributed by atoms with Crippen LogP contribution < -0.4 is 10.5 Å². The lowest BCUT2D eigenvalue weighted by Crippen LogP contribution is -2.23. The van der Waals surface area contributed by atoms with E-state index in [1.54, 1.807) is 19.2 Å². The molecule has 1 aromatic heterocycles. The van der Waals surface area contributed by atoms with Crippen LogP contribution in [0.1, 0.15) is 30.3 Å². The van der Waals surface area contributed by atoms with Crippen LogP contribution in [-0.2, 0) is 0 Å². The molecule has 0 fully saturated rings. The van der Waals surface area contributed by atoms with E-state index in [1.807, 2.05) is 37.3 Å². The molecule has 28 heavy (non-hydrogen) atoms. The fraction of sp³-hybridized carbons (Fsp3) is 0.273. The van der Waals surface area contributed by atoms with Crippen LogP contribution in [0.25, 0.3) is 10.9 Å². The molecule has 6 heteroatoms. The second-order valence-electron chi connectivity index (χ2n) is 6.57. The molecule has 1 heterocycles. The summed E-state index contributed by atoms with van der Waals surface area (Å²) >= 11 is 0. The molecule has 0 aliphatic heterocycles. The summed E-state index contributed by atoms with van der Waals surface area (Å²) in [6.45, 7) is 7.40. The van der Waals surface area contributed by atoms with Crippen LogP contribution >= 0.6 is 0 Å². The predicted molar refractivity (Wildman–Crippen MR) is 113 cm³/mol. The third-order valence-electron chi connectivity index (χ3n) is 4.72. The molecule has 0 unspecified atom stereocenters. The Labute approximate surface area is 164 Å². The first-order valence-corrected chi connectivity index (χ1v) is 9.30. The molecule has 0 aliphatic rings. The van der Waals surface area contributed by atoms with Gasteiger partial charge in [0.1, 0.15) is 5.82 Å². The van der Waals surface area contributed by atoms with E-state index < -0.39 is 0 Å². The average Bonchev–Trinajstić information content (AvgIpc) is 2.69. The number of hydrogen-bond acceptors (Lipinski definition) is 5. The highest BCUT2D eigenvalue weighted by Crippen LogP contribution is 2.19. The highest BCUT2D eigenvalue weighted by atomic mass is 16.1. The van der Waals surface area contributed by atoms with Crippen molar-refractivity contribution in [2.75, 3.05) is 18.0 Å². The third kappa shape index (κ3) is 3.94. The molecular formula is C22H23N5O. The Bertz CT molecular complexity index is 1120. The summed E-state index contributed by atoms with van der Waals surface area (Å²) in [6.07, 6.45) is 2.18. The molecule has 142 valence electrons. The number of para-hydroxylation sites is 1. The van der Waals surface area contributed by atoms with Gasteiger partial charge < -0.3 is 4.90 Å². The minimum Gasteiger partial charge on any atom is -0.371 e. The van der Waals surface area contributed by atoms with Gasteiger partial charge in [-0.1, -0.05) is 18.2 Å². The molecule has 2 aromatic carbocycles. The number of anilines is 1. The van der Waals surface area contributed by atoms with Gasteiger partial charge in [0.25, 0.3) is 5.56 Å². The lowest BCUT2D eigenvalue weighted by atomic mass is 10.1. The van der Waals surface area contributed by atoms with E-state index in [0.29, 0.717) is 29.7 Å². The minimum absolute atomic E-state index is 0.178. The number of nitrogens with zero attached hydrogens (tertiary/aromatic N) is 5. The first kappa shape index (κ1) is 19.3. The molecule has 0 saturated heterocycles. The van der Waals surface area contributed by atoms with Gasteiger partial charge in [-0.25, -0.2) is 4.98 Å².